The first-order chi connectivity index (χ1) is 17.6. The SMILES string of the molecule is N=c1c2ccc(C(=O)N3CCN(c4ccccc4)CC3)cc2[nH]c(=O)n1Sc1ccc2c(c1)OCO2. The maximum absolute atomic E-state index is 13.2. The number of fused-ring (bicyclic) bond motifs is 2. The van der Waals surface area contributed by atoms with E-state index in [1.807, 2.05) is 29.2 Å². The van der Waals surface area contributed by atoms with Crippen molar-refractivity contribution in [3.05, 3.63) is 88.3 Å². The summed E-state index contributed by atoms with van der Waals surface area (Å²) in [6, 6.07) is 20.7. The molecule has 182 valence electrons. The number of aromatic amines is 1. The number of benzene rings is 3. The quantitative estimate of drug-likeness (QED) is 0.446. The molecule has 0 radical (unpaired) electrons. The minimum absolute atomic E-state index is 0.0480. The second-order valence-corrected chi connectivity index (χ2v) is 9.57. The summed E-state index contributed by atoms with van der Waals surface area (Å²) in [4.78, 5) is 33.7. The van der Waals surface area contributed by atoms with Gasteiger partial charge < -0.3 is 24.3 Å². The average molecular weight is 502 g/mol. The van der Waals surface area contributed by atoms with Gasteiger partial charge in [0.05, 0.1) is 5.52 Å². The van der Waals surface area contributed by atoms with Gasteiger partial charge in [0.15, 0.2) is 11.5 Å². The molecular formula is C26H23N5O4S. The van der Waals surface area contributed by atoms with Crippen molar-refractivity contribution in [2.75, 3.05) is 37.9 Å². The molecule has 1 aromatic heterocycles. The second kappa shape index (κ2) is 9.12. The van der Waals surface area contributed by atoms with Gasteiger partial charge in [-0.3, -0.25) is 10.2 Å². The molecular weight excluding hydrogens is 478 g/mol. The Morgan fingerprint density at radius 3 is 2.50 bits per heavy atom. The number of carbonyl (C=O) groups excluding carboxylic acids is 1. The van der Waals surface area contributed by atoms with Crippen LogP contribution in [0.3, 0.4) is 0 Å². The lowest BCUT2D eigenvalue weighted by atomic mass is 10.1. The Balaban J connectivity index is 1.22. The van der Waals surface area contributed by atoms with Crippen molar-refractivity contribution in [2.24, 2.45) is 0 Å². The van der Waals surface area contributed by atoms with Gasteiger partial charge in [-0.25, -0.2) is 8.77 Å². The molecule has 2 N–H and O–H groups in total. The molecule has 0 atom stereocenters. The number of nitrogens with one attached hydrogen (secondary N) is 2. The lowest BCUT2D eigenvalue weighted by Gasteiger charge is -2.36. The summed E-state index contributed by atoms with van der Waals surface area (Å²) in [7, 11) is 0. The predicted octanol–water partition coefficient (Wildman–Crippen LogP) is 3.06. The minimum Gasteiger partial charge on any atom is -0.454 e. The summed E-state index contributed by atoms with van der Waals surface area (Å²) >= 11 is 1.12. The maximum Gasteiger partial charge on any atom is 0.338 e. The van der Waals surface area contributed by atoms with Gasteiger partial charge in [0, 0.05) is 47.7 Å². The molecule has 2 aliphatic rings. The molecule has 1 fully saturated rings. The molecule has 3 heterocycles. The first-order valence-corrected chi connectivity index (χ1v) is 12.4. The summed E-state index contributed by atoms with van der Waals surface area (Å²) in [5, 5.41) is 9.18. The van der Waals surface area contributed by atoms with Gasteiger partial charge in [0.25, 0.3) is 5.91 Å². The second-order valence-electron chi connectivity index (χ2n) is 8.55. The van der Waals surface area contributed by atoms with Crippen LogP contribution in [0.25, 0.3) is 10.9 Å². The normalized spacial score (nSPS) is 14.9. The van der Waals surface area contributed by atoms with Crippen molar-refractivity contribution < 1.29 is 14.3 Å². The molecule has 1 amide bonds. The number of anilines is 1. The standard InChI is InChI=1S/C26H23N5O4S/c27-24-20-8-6-17(25(32)30-12-10-29(11-13-30)18-4-2-1-3-5-18)14-21(20)28-26(33)31(24)36-19-7-9-22-23(15-19)35-16-34-22/h1-9,14-15,27H,10-13,16H2,(H,28,33). The van der Waals surface area contributed by atoms with Crippen LogP contribution in [0.1, 0.15) is 10.4 Å². The summed E-state index contributed by atoms with van der Waals surface area (Å²) in [6.45, 7) is 2.92. The molecule has 0 saturated carbocycles. The molecule has 1 saturated heterocycles. The number of aromatic nitrogens is 2. The molecule has 9 nitrogen and oxygen atoms in total. The number of amides is 1. The monoisotopic (exact) mass is 501 g/mol. The van der Waals surface area contributed by atoms with Crippen LogP contribution in [0.15, 0.2) is 76.4 Å². The predicted molar refractivity (Wildman–Crippen MR) is 137 cm³/mol. The highest BCUT2D eigenvalue weighted by molar-refractivity contribution is 7.97. The molecule has 0 spiro atoms. The van der Waals surface area contributed by atoms with E-state index >= 15 is 0 Å². The Morgan fingerprint density at radius 1 is 0.917 bits per heavy atom. The summed E-state index contributed by atoms with van der Waals surface area (Å²) in [5.74, 6) is 1.18. The van der Waals surface area contributed by atoms with Crippen LogP contribution in [0.4, 0.5) is 5.69 Å². The number of H-pyrrole nitrogens is 1. The highest BCUT2D eigenvalue weighted by atomic mass is 32.2. The lowest BCUT2D eigenvalue weighted by molar-refractivity contribution is 0.0747. The number of hydrogen-bond acceptors (Lipinski definition) is 7. The number of rotatable bonds is 4. The zero-order valence-corrected chi connectivity index (χ0v) is 20.1. The van der Waals surface area contributed by atoms with Gasteiger partial charge in [0.1, 0.15) is 5.49 Å². The van der Waals surface area contributed by atoms with Gasteiger partial charge in [-0.15, -0.1) is 0 Å². The summed E-state index contributed by atoms with van der Waals surface area (Å²) in [6.07, 6.45) is 0. The van der Waals surface area contributed by atoms with E-state index in [1.165, 1.54) is 3.97 Å². The van der Waals surface area contributed by atoms with Crippen LogP contribution >= 0.6 is 11.9 Å². The van der Waals surface area contributed by atoms with Crippen molar-refractivity contribution in [1.29, 1.82) is 5.41 Å². The summed E-state index contributed by atoms with van der Waals surface area (Å²) < 4.78 is 12.0. The van der Waals surface area contributed by atoms with E-state index in [0.29, 0.717) is 41.1 Å². The molecule has 2 aliphatic heterocycles. The van der Waals surface area contributed by atoms with Crippen molar-refractivity contribution in [2.45, 2.75) is 4.90 Å². The first kappa shape index (κ1) is 22.3. The molecule has 6 rings (SSSR count). The third kappa shape index (κ3) is 4.09. The number of hydrogen-bond donors (Lipinski definition) is 2. The smallest absolute Gasteiger partial charge is 0.338 e. The van der Waals surface area contributed by atoms with Crippen LogP contribution < -0.4 is 25.6 Å². The third-order valence-electron chi connectivity index (χ3n) is 6.38. The van der Waals surface area contributed by atoms with Crippen molar-refractivity contribution in [3.63, 3.8) is 0 Å². The molecule has 10 heteroatoms. The third-order valence-corrected chi connectivity index (χ3v) is 7.38. The van der Waals surface area contributed by atoms with E-state index in [-0.39, 0.29) is 18.2 Å². The number of ether oxygens (including phenoxy) is 2. The average Bonchev–Trinajstić information content (AvgIpc) is 3.39. The Labute approximate surface area is 210 Å². The number of nitrogens with zero attached hydrogens (tertiary/aromatic N) is 3. The van der Waals surface area contributed by atoms with E-state index in [2.05, 4.69) is 22.0 Å². The van der Waals surface area contributed by atoms with Crippen molar-refractivity contribution in [3.8, 4) is 11.5 Å². The largest absolute Gasteiger partial charge is 0.454 e. The van der Waals surface area contributed by atoms with Gasteiger partial charge in [-0.05, 0) is 60.5 Å². The van der Waals surface area contributed by atoms with E-state index in [4.69, 9.17) is 14.9 Å². The lowest BCUT2D eigenvalue weighted by Crippen LogP contribution is -2.48. The molecule has 36 heavy (non-hydrogen) atoms. The van der Waals surface area contributed by atoms with Crippen LogP contribution in [0, 0.1) is 5.41 Å². The van der Waals surface area contributed by atoms with Crippen LogP contribution in [-0.4, -0.2) is 52.7 Å². The van der Waals surface area contributed by atoms with E-state index in [1.54, 1.807) is 30.3 Å². The topological polar surface area (TPSA) is 104 Å². The zero-order valence-electron chi connectivity index (χ0n) is 19.3. The zero-order chi connectivity index (χ0) is 24.6. The van der Waals surface area contributed by atoms with E-state index in [0.717, 1.165) is 35.6 Å². The Kier molecular flexibility index (Phi) is 5.65. The molecule has 4 aromatic rings. The first-order valence-electron chi connectivity index (χ1n) is 11.6. The van der Waals surface area contributed by atoms with E-state index in [9.17, 15) is 9.59 Å². The van der Waals surface area contributed by atoms with Crippen LogP contribution in [0.2, 0.25) is 0 Å². The van der Waals surface area contributed by atoms with Gasteiger partial charge in [-0.2, -0.15) is 0 Å². The van der Waals surface area contributed by atoms with E-state index < -0.39 is 5.69 Å². The maximum atomic E-state index is 13.2. The Morgan fingerprint density at radius 2 is 1.69 bits per heavy atom. The fraction of sp³-hybridized carbons (Fsp3) is 0.192. The van der Waals surface area contributed by atoms with Crippen LogP contribution in [-0.2, 0) is 0 Å². The van der Waals surface area contributed by atoms with Gasteiger partial charge in [0.2, 0.25) is 6.79 Å². The molecule has 0 unspecified atom stereocenters. The molecule has 3 aromatic carbocycles. The highest BCUT2D eigenvalue weighted by Crippen LogP contribution is 2.35. The van der Waals surface area contributed by atoms with Crippen LogP contribution in [0.5, 0.6) is 11.5 Å². The Hall–Kier alpha value is -4.18. The molecule has 0 aliphatic carbocycles. The van der Waals surface area contributed by atoms with Crippen molar-refractivity contribution >= 4 is 34.4 Å². The molecule has 0 bridgehead atoms. The fourth-order valence-corrected chi connectivity index (χ4v) is 5.30. The number of piperazine rings is 1. The highest BCUT2D eigenvalue weighted by Gasteiger charge is 2.23. The van der Waals surface area contributed by atoms with Crippen molar-refractivity contribution in [1.82, 2.24) is 13.9 Å². The fourth-order valence-electron chi connectivity index (χ4n) is 4.48. The van der Waals surface area contributed by atoms with Gasteiger partial charge in [-0.1, -0.05) is 18.2 Å². The minimum atomic E-state index is -0.448. The number of carbonyl (C=O) groups is 1. The number of para-hydroxylation sites is 1. The Bertz CT molecular complexity index is 1580. The summed E-state index contributed by atoms with van der Waals surface area (Å²) in [5.41, 5.74) is 1.71. The van der Waals surface area contributed by atoms with Gasteiger partial charge >= 0.3 is 5.69 Å².